The predicted octanol–water partition coefficient (Wildman–Crippen LogP) is 0.708. The van der Waals surface area contributed by atoms with Crippen molar-refractivity contribution in [1.29, 1.82) is 0 Å². The van der Waals surface area contributed by atoms with E-state index in [-0.39, 0.29) is 11.8 Å². The van der Waals surface area contributed by atoms with Gasteiger partial charge in [0.1, 0.15) is 0 Å². The molecule has 0 spiro atoms. The normalized spacial score (nSPS) is 10.6. The molecule has 2 amide bonds. The Kier molecular flexibility index (Phi) is 12.1. The second kappa shape index (κ2) is 12.9. The van der Waals surface area contributed by atoms with Crippen LogP contribution in [0.5, 0.6) is 0 Å². The van der Waals surface area contributed by atoms with E-state index in [9.17, 15) is 9.59 Å². The first-order valence-electron chi connectivity index (χ1n) is 7.25. The Bertz CT molecular complexity index is 270. The maximum Gasteiger partial charge on any atom is 0.220 e. The highest BCUT2D eigenvalue weighted by Gasteiger charge is 2.03. The molecule has 0 unspecified atom stereocenters. The Morgan fingerprint density at radius 2 is 1.40 bits per heavy atom. The van der Waals surface area contributed by atoms with Crippen molar-refractivity contribution < 1.29 is 19.1 Å². The number of carbonyl (C=O) groups excluding carboxylic acids is 2. The topological polar surface area (TPSA) is 76.7 Å². The third-order valence-electron chi connectivity index (χ3n) is 2.42. The van der Waals surface area contributed by atoms with Gasteiger partial charge in [-0.2, -0.15) is 0 Å². The summed E-state index contributed by atoms with van der Waals surface area (Å²) in [5.41, 5.74) is 0. The van der Waals surface area contributed by atoms with Gasteiger partial charge in [0.05, 0.1) is 26.4 Å². The summed E-state index contributed by atoms with van der Waals surface area (Å²) in [6.07, 6.45) is 1.04. The highest BCUT2D eigenvalue weighted by Crippen LogP contribution is 1.97. The molecule has 0 aliphatic heterocycles. The quantitative estimate of drug-likeness (QED) is 0.519. The molecule has 0 bridgehead atoms. The largest absolute Gasteiger partial charge is 0.377 e. The number of nitrogens with one attached hydrogen (secondary N) is 2. The summed E-state index contributed by atoms with van der Waals surface area (Å²) in [5, 5.41) is 5.51. The van der Waals surface area contributed by atoms with E-state index in [1.54, 1.807) is 0 Å². The van der Waals surface area contributed by atoms with Crippen molar-refractivity contribution in [3.8, 4) is 0 Å². The number of hydrogen-bond acceptors (Lipinski definition) is 4. The van der Waals surface area contributed by atoms with Gasteiger partial charge in [-0.25, -0.2) is 0 Å². The predicted molar refractivity (Wildman–Crippen MR) is 77.4 cm³/mol. The number of ether oxygens (including phenoxy) is 2. The van der Waals surface area contributed by atoms with E-state index in [0.29, 0.717) is 58.3 Å². The minimum Gasteiger partial charge on any atom is -0.377 e. The lowest BCUT2D eigenvalue weighted by molar-refractivity contribution is -0.122. The summed E-state index contributed by atoms with van der Waals surface area (Å²) in [4.78, 5) is 22.2. The van der Waals surface area contributed by atoms with Gasteiger partial charge in [-0.1, -0.05) is 20.8 Å². The molecular formula is C14H28N2O4. The smallest absolute Gasteiger partial charge is 0.220 e. The monoisotopic (exact) mass is 288 g/mol. The lowest BCUT2D eigenvalue weighted by Gasteiger charge is -2.08. The molecule has 0 fully saturated rings. The van der Waals surface area contributed by atoms with Crippen molar-refractivity contribution in [2.75, 3.05) is 39.5 Å². The summed E-state index contributed by atoms with van der Waals surface area (Å²) in [7, 11) is 0. The summed E-state index contributed by atoms with van der Waals surface area (Å²) in [5.74, 6) is 0.464. The summed E-state index contributed by atoms with van der Waals surface area (Å²) < 4.78 is 10.6. The molecule has 0 heterocycles. The molecule has 0 rings (SSSR count). The molecule has 2 N–H and O–H groups in total. The van der Waals surface area contributed by atoms with Gasteiger partial charge in [-0.15, -0.1) is 0 Å². The highest BCUT2D eigenvalue weighted by molar-refractivity contribution is 5.76. The van der Waals surface area contributed by atoms with E-state index in [4.69, 9.17) is 9.47 Å². The maximum atomic E-state index is 11.3. The Morgan fingerprint density at radius 1 is 0.900 bits per heavy atom. The Hall–Kier alpha value is -1.14. The van der Waals surface area contributed by atoms with Crippen molar-refractivity contribution in [3.63, 3.8) is 0 Å². The molecule has 20 heavy (non-hydrogen) atoms. The van der Waals surface area contributed by atoms with Crippen LogP contribution < -0.4 is 10.6 Å². The molecule has 6 heteroatoms. The van der Waals surface area contributed by atoms with Gasteiger partial charge >= 0.3 is 0 Å². The van der Waals surface area contributed by atoms with Crippen LogP contribution in [0.15, 0.2) is 0 Å². The van der Waals surface area contributed by atoms with Gasteiger partial charge in [0, 0.05) is 25.9 Å². The van der Waals surface area contributed by atoms with Crippen LogP contribution in [0.3, 0.4) is 0 Å². The molecule has 0 aliphatic rings. The van der Waals surface area contributed by atoms with Gasteiger partial charge in [-0.05, 0) is 5.92 Å². The van der Waals surface area contributed by atoms with Crippen LogP contribution in [0.2, 0.25) is 0 Å². The minimum atomic E-state index is 0.0296. The van der Waals surface area contributed by atoms with Gasteiger partial charge in [0.25, 0.3) is 0 Å². The molecule has 0 atom stereocenters. The van der Waals surface area contributed by atoms with Gasteiger partial charge in [-0.3, -0.25) is 9.59 Å². The number of rotatable bonds is 12. The molecule has 0 aromatic heterocycles. The van der Waals surface area contributed by atoms with Crippen LogP contribution >= 0.6 is 0 Å². The van der Waals surface area contributed by atoms with Crippen LogP contribution in [-0.4, -0.2) is 51.3 Å². The molecule has 118 valence electrons. The van der Waals surface area contributed by atoms with Gasteiger partial charge in [0.2, 0.25) is 11.8 Å². The molecular weight excluding hydrogens is 260 g/mol. The lowest BCUT2D eigenvalue weighted by atomic mass is 10.1. The van der Waals surface area contributed by atoms with Crippen molar-refractivity contribution in [1.82, 2.24) is 10.6 Å². The Balaban J connectivity index is 3.17. The van der Waals surface area contributed by atoms with Crippen LogP contribution in [-0.2, 0) is 19.1 Å². The zero-order chi connectivity index (χ0) is 15.2. The summed E-state index contributed by atoms with van der Waals surface area (Å²) in [6.45, 7) is 8.83. The lowest BCUT2D eigenvalue weighted by Crippen LogP contribution is -2.28. The first-order valence-corrected chi connectivity index (χ1v) is 7.25. The van der Waals surface area contributed by atoms with Gasteiger partial charge < -0.3 is 20.1 Å². The third-order valence-corrected chi connectivity index (χ3v) is 2.42. The second-order valence-corrected chi connectivity index (χ2v) is 4.88. The Morgan fingerprint density at radius 3 is 1.85 bits per heavy atom. The first kappa shape index (κ1) is 18.9. The fraction of sp³-hybridized carbons (Fsp3) is 0.857. The fourth-order valence-corrected chi connectivity index (χ4v) is 1.42. The van der Waals surface area contributed by atoms with E-state index in [1.807, 2.05) is 20.8 Å². The van der Waals surface area contributed by atoms with Crippen LogP contribution in [0.1, 0.15) is 33.6 Å². The van der Waals surface area contributed by atoms with Crippen LogP contribution in [0.4, 0.5) is 0 Å². The van der Waals surface area contributed by atoms with E-state index in [2.05, 4.69) is 10.6 Å². The zero-order valence-corrected chi connectivity index (χ0v) is 12.9. The SMILES string of the molecule is CCC(=O)NCCOCCOCCNC(=O)CC(C)C. The molecule has 6 nitrogen and oxygen atoms in total. The number of amides is 2. The molecule has 0 saturated carbocycles. The molecule has 0 aromatic carbocycles. The molecule has 0 radical (unpaired) electrons. The number of carbonyl (C=O) groups is 2. The van der Waals surface area contributed by atoms with Crippen molar-refractivity contribution in [3.05, 3.63) is 0 Å². The van der Waals surface area contributed by atoms with Crippen molar-refractivity contribution >= 4 is 11.8 Å². The molecule has 0 aliphatic carbocycles. The van der Waals surface area contributed by atoms with Crippen molar-refractivity contribution in [2.24, 2.45) is 5.92 Å². The number of hydrogen-bond donors (Lipinski definition) is 2. The fourth-order valence-electron chi connectivity index (χ4n) is 1.42. The molecule has 0 aromatic rings. The standard InChI is InChI=1S/C14H28N2O4/c1-4-13(17)15-5-7-19-9-10-20-8-6-16-14(18)11-12(2)3/h12H,4-11H2,1-3H3,(H,15,17)(H,16,18). The zero-order valence-electron chi connectivity index (χ0n) is 12.9. The highest BCUT2D eigenvalue weighted by atomic mass is 16.5. The van der Waals surface area contributed by atoms with E-state index < -0.39 is 0 Å². The minimum absolute atomic E-state index is 0.0296. The van der Waals surface area contributed by atoms with Crippen molar-refractivity contribution in [2.45, 2.75) is 33.6 Å². The van der Waals surface area contributed by atoms with E-state index in [0.717, 1.165) is 0 Å². The average molecular weight is 288 g/mol. The summed E-state index contributed by atoms with van der Waals surface area (Å²) >= 11 is 0. The van der Waals surface area contributed by atoms with Crippen LogP contribution in [0.25, 0.3) is 0 Å². The first-order chi connectivity index (χ1) is 9.56. The second-order valence-electron chi connectivity index (χ2n) is 4.88. The Labute approximate surface area is 121 Å². The van der Waals surface area contributed by atoms with E-state index in [1.165, 1.54) is 0 Å². The van der Waals surface area contributed by atoms with Gasteiger partial charge in [0.15, 0.2) is 0 Å². The van der Waals surface area contributed by atoms with E-state index >= 15 is 0 Å². The molecule has 0 saturated heterocycles. The summed E-state index contributed by atoms with van der Waals surface area (Å²) in [6, 6.07) is 0. The third kappa shape index (κ3) is 13.3. The maximum absolute atomic E-state index is 11.3. The average Bonchev–Trinajstić information content (AvgIpc) is 2.39. The van der Waals surface area contributed by atoms with Crippen LogP contribution in [0, 0.1) is 5.92 Å².